The van der Waals surface area contributed by atoms with Crippen molar-refractivity contribution in [2.24, 2.45) is 0 Å². The number of benzene rings is 2. The first-order chi connectivity index (χ1) is 11.8. The van der Waals surface area contributed by atoms with E-state index in [2.05, 4.69) is 33.5 Å². The molecule has 1 aliphatic rings. The van der Waals surface area contributed by atoms with Crippen LogP contribution in [0, 0.1) is 0 Å². The highest BCUT2D eigenvalue weighted by atomic mass is 16.5. The predicted octanol–water partition coefficient (Wildman–Crippen LogP) is 3.41. The molecule has 0 radical (unpaired) electrons. The van der Waals surface area contributed by atoms with Crippen molar-refractivity contribution in [2.75, 3.05) is 17.6 Å². The van der Waals surface area contributed by atoms with E-state index in [1.165, 1.54) is 18.4 Å². The van der Waals surface area contributed by atoms with Crippen LogP contribution in [0.1, 0.15) is 18.4 Å². The number of nitrogen functional groups attached to an aromatic ring is 1. The lowest BCUT2D eigenvalue weighted by atomic mass is 10.1. The summed E-state index contributed by atoms with van der Waals surface area (Å²) < 4.78 is 5.98. The van der Waals surface area contributed by atoms with E-state index in [0.29, 0.717) is 11.8 Å². The van der Waals surface area contributed by atoms with E-state index in [4.69, 9.17) is 10.5 Å². The Kier molecular flexibility index (Phi) is 3.91. The quantitative estimate of drug-likeness (QED) is 0.681. The Bertz CT molecular complexity index is 861. The summed E-state index contributed by atoms with van der Waals surface area (Å²) in [5, 5.41) is 4.34. The number of hydrogen-bond donors (Lipinski definition) is 2. The maximum Gasteiger partial charge on any atom is 0.137 e. The van der Waals surface area contributed by atoms with E-state index in [1.54, 1.807) is 6.33 Å². The molecule has 0 saturated heterocycles. The molecule has 1 heterocycles. The topological polar surface area (TPSA) is 73.1 Å². The molecule has 0 amide bonds. The maximum atomic E-state index is 5.98. The summed E-state index contributed by atoms with van der Waals surface area (Å²) in [7, 11) is 0. The highest BCUT2D eigenvalue weighted by Crippen LogP contribution is 2.29. The molecule has 2 aromatic carbocycles. The van der Waals surface area contributed by atoms with Crippen molar-refractivity contribution < 1.29 is 4.74 Å². The highest BCUT2D eigenvalue weighted by Gasteiger charge is 2.24. The van der Waals surface area contributed by atoms with Crippen molar-refractivity contribution in [1.82, 2.24) is 9.97 Å². The Morgan fingerprint density at radius 3 is 2.88 bits per heavy atom. The van der Waals surface area contributed by atoms with Gasteiger partial charge in [0.2, 0.25) is 0 Å². The Hall–Kier alpha value is -2.82. The van der Waals surface area contributed by atoms with Crippen LogP contribution in [0.2, 0.25) is 0 Å². The van der Waals surface area contributed by atoms with E-state index in [-0.39, 0.29) is 0 Å². The highest BCUT2D eigenvalue weighted by molar-refractivity contribution is 5.91. The summed E-state index contributed by atoms with van der Waals surface area (Å²) >= 11 is 0. The average molecular weight is 320 g/mol. The van der Waals surface area contributed by atoms with Gasteiger partial charge in [-0.15, -0.1) is 0 Å². The molecule has 0 aliphatic heterocycles. The molecular formula is C19H20N4O. The van der Waals surface area contributed by atoms with Gasteiger partial charge in [-0.2, -0.15) is 0 Å². The summed E-state index contributed by atoms with van der Waals surface area (Å²) in [6, 6.07) is 13.9. The molecule has 1 aliphatic carbocycles. The van der Waals surface area contributed by atoms with Gasteiger partial charge in [0.05, 0.1) is 11.6 Å². The molecular weight excluding hydrogens is 300 g/mol. The molecule has 1 aromatic heterocycles. The fourth-order valence-electron chi connectivity index (χ4n) is 2.72. The van der Waals surface area contributed by atoms with Gasteiger partial charge in [-0.1, -0.05) is 18.2 Å². The minimum absolute atomic E-state index is 0.410. The second-order valence-electron chi connectivity index (χ2n) is 6.10. The molecule has 5 heteroatoms. The molecule has 0 atom stereocenters. The number of para-hydroxylation sites is 1. The van der Waals surface area contributed by atoms with Gasteiger partial charge in [0.15, 0.2) is 0 Å². The molecule has 3 aromatic rings. The third-order valence-electron chi connectivity index (χ3n) is 4.14. The number of anilines is 2. The normalized spacial score (nSPS) is 13.8. The largest absolute Gasteiger partial charge is 0.490 e. The van der Waals surface area contributed by atoms with Crippen LogP contribution in [-0.2, 0) is 6.42 Å². The minimum Gasteiger partial charge on any atom is -0.490 e. The van der Waals surface area contributed by atoms with Crippen LogP contribution in [0.15, 0.2) is 48.8 Å². The molecule has 24 heavy (non-hydrogen) atoms. The van der Waals surface area contributed by atoms with E-state index in [9.17, 15) is 0 Å². The number of nitrogens with zero attached hydrogens (tertiary/aromatic N) is 2. The molecule has 4 rings (SSSR count). The first-order valence-electron chi connectivity index (χ1n) is 8.28. The number of ether oxygens (including phenoxy) is 1. The second-order valence-corrected chi connectivity index (χ2v) is 6.10. The van der Waals surface area contributed by atoms with Gasteiger partial charge in [0.25, 0.3) is 0 Å². The van der Waals surface area contributed by atoms with Gasteiger partial charge in [-0.25, -0.2) is 9.97 Å². The lowest BCUT2D eigenvalue weighted by Crippen LogP contribution is -2.09. The number of nitrogens with one attached hydrogen (secondary N) is 1. The summed E-state index contributed by atoms with van der Waals surface area (Å²) in [4.78, 5) is 8.63. The van der Waals surface area contributed by atoms with Crippen LogP contribution in [0.4, 0.5) is 11.5 Å². The van der Waals surface area contributed by atoms with Crippen LogP contribution < -0.4 is 15.8 Å². The SMILES string of the molecule is Nc1ccc2ncnc(NCCc3ccccc3OC3CC3)c2c1. The van der Waals surface area contributed by atoms with Crippen LogP contribution in [-0.4, -0.2) is 22.6 Å². The molecule has 0 spiro atoms. The fourth-order valence-corrected chi connectivity index (χ4v) is 2.72. The second kappa shape index (κ2) is 6.35. The van der Waals surface area contributed by atoms with Gasteiger partial charge < -0.3 is 15.8 Å². The lowest BCUT2D eigenvalue weighted by molar-refractivity contribution is 0.300. The van der Waals surface area contributed by atoms with Gasteiger partial charge in [0.1, 0.15) is 17.9 Å². The van der Waals surface area contributed by atoms with Crippen molar-refractivity contribution in [3.8, 4) is 5.75 Å². The van der Waals surface area contributed by atoms with Crippen molar-refractivity contribution in [3.63, 3.8) is 0 Å². The summed E-state index contributed by atoms with van der Waals surface area (Å²) in [5.41, 5.74) is 8.70. The van der Waals surface area contributed by atoms with Crippen molar-refractivity contribution >= 4 is 22.4 Å². The molecule has 0 bridgehead atoms. The van der Waals surface area contributed by atoms with E-state index >= 15 is 0 Å². The zero-order chi connectivity index (χ0) is 16.4. The first kappa shape index (κ1) is 14.8. The third-order valence-corrected chi connectivity index (χ3v) is 4.14. The summed E-state index contributed by atoms with van der Waals surface area (Å²) in [5.74, 6) is 1.81. The Labute approximate surface area is 140 Å². The Balaban J connectivity index is 1.47. The zero-order valence-corrected chi connectivity index (χ0v) is 13.4. The first-order valence-corrected chi connectivity index (χ1v) is 8.28. The lowest BCUT2D eigenvalue weighted by Gasteiger charge is -2.12. The number of aromatic nitrogens is 2. The van der Waals surface area contributed by atoms with Crippen molar-refractivity contribution in [1.29, 1.82) is 0 Å². The number of rotatable bonds is 6. The molecule has 1 fully saturated rings. The van der Waals surface area contributed by atoms with E-state index in [1.807, 2.05) is 24.3 Å². The van der Waals surface area contributed by atoms with Crippen LogP contribution in [0.5, 0.6) is 5.75 Å². The monoisotopic (exact) mass is 320 g/mol. The van der Waals surface area contributed by atoms with Crippen LogP contribution in [0.25, 0.3) is 10.9 Å². The van der Waals surface area contributed by atoms with Crippen LogP contribution >= 0.6 is 0 Å². The summed E-state index contributed by atoms with van der Waals surface area (Å²) in [6.07, 6.45) is 5.19. The van der Waals surface area contributed by atoms with Crippen molar-refractivity contribution in [2.45, 2.75) is 25.4 Å². The van der Waals surface area contributed by atoms with E-state index in [0.717, 1.165) is 35.4 Å². The number of hydrogen-bond acceptors (Lipinski definition) is 5. The minimum atomic E-state index is 0.410. The molecule has 5 nitrogen and oxygen atoms in total. The summed E-state index contributed by atoms with van der Waals surface area (Å²) in [6.45, 7) is 0.770. The van der Waals surface area contributed by atoms with Crippen LogP contribution in [0.3, 0.4) is 0 Å². The van der Waals surface area contributed by atoms with Crippen molar-refractivity contribution in [3.05, 3.63) is 54.4 Å². The maximum absolute atomic E-state index is 5.98. The van der Waals surface area contributed by atoms with E-state index < -0.39 is 0 Å². The standard InChI is InChI=1S/C19H20N4O/c20-14-5-8-17-16(11-14)19(23-12-22-17)21-10-9-13-3-1-2-4-18(13)24-15-6-7-15/h1-5,8,11-12,15H,6-7,9-10,20H2,(H,21,22,23). The average Bonchev–Trinajstić information content (AvgIpc) is 3.41. The fraction of sp³-hybridized carbons (Fsp3) is 0.263. The van der Waals surface area contributed by atoms with Gasteiger partial charge >= 0.3 is 0 Å². The Morgan fingerprint density at radius 1 is 1.12 bits per heavy atom. The molecule has 1 saturated carbocycles. The zero-order valence-electron chi connectivity index (χ0n) is 13.4. The molecule has 0 unspecified atom stereocenters. The molecule has 3 N–H and O–H groups in total. The smallest absolute Gasteiger partial charge is 0.137 e. The Morgan fingerprint density at radius 2 is 2.00 bits per heavy atom. The third kappa shape index (κ3) is 3.25. The number of nitrogens with two attached hydrogens (primary N) is 1. The van der Waals surface area contributed by atoms with Gasteiger partial charge in [0, 0.05) is 17.6 Å². The van der Waals surface area contributed by atoms with Gasteiger partial charge in [-0.3, -0.25) is 0 Å². The van der Waals surface area contributed by atoms with Gasteiger partial charge in [-0.05, 0) is 49.1 Å². The number of fused-ring (bicyclic) bond motifs is 1. The molecule has 122 valence electrons. The predicted molar refractivity (Wildman–Crippen MR) is 96.2 cm³/mol.